The lowest BCUT2D eigenvalue weighted by Gasteiger charge is -2.27. The van der Waals surface area contributed by atoms with Gasteiger partial charge in [-0.05, 0) is 60.4 Å². The quantitative estimate of drug-likeness (QED) is 0.844. The Kier molecular flexibility index (Phi) is 4.27. The van der Waals surface area contributed by atoms with Gasteiger partial charge in [-0.2, -0.15) is 0 Å². The fourth-order valence-electron chi connectivity index (χ4n) is 3.22. The summed E-state index contributed by atoms with van der Waals surface area (Å²) in [6.07, 6.45) is 3.39. The highest BCUT2D eigenvalue weighted by molar-refractivity contribution is 6.30. The van der Waals surface area contributed by atoms with Crippen molar-refractivity contribution in [3.63, 3.8) is 0 Å². The minimum absolute atomic E-state index is 0.0654. The van der Waals surface area contributed by atoms with Crippen molar-refractivity contribution >= 4 is 11.6 Å². The Balaban J connectivity index is 1.79. The van der Waals surface area contributed by atoms with E-state index in [4.69, 9.17) is 11.6 Å². The standard InChI is InChI=1S/C18H18ClFO/c19-16-10-14(8-9-17(16)20)18(21)11-13-6-3-5-12-4-1-2-7-15(12)13/h1-2,4,7-10,13,18,21H,3,5-6,11H2. The summed E-state index contributed by atoms with van der Waals surface area (Å²) in [6, 6.07) is 12.9. The number of fused-ring (bicyclic) bond motifs is 1. The van der Waals surface area contributed by atoms with E-state index in [1.807, 2.05) is 0 Å². The van der Waals surface area contributed by atoms with Crippen LogP contribution in [0.25, 0.3) is 0 Å². The highest BCUT2D eigenvalue weighted by Crippen LogP contribution is 2.38. The van der Waals surface area contributed by atoms with Crippen LogP contribution in [-0.2, 0) is 6.42 Å². The maximum absolute atomic E-state index is 13.2. The molecular formula is C18H18ClFO. The molecule has 0 saturated carbocycles. The summed E-state index contributed by atoms with van der Waals surface area (Å²) >= 11 is 5.80. The lowest BCUT2D eigenvalue weighted by Crippen LogP contribution is -2.13. The first-order valence-corrected chi connectivity index (χ1v) is 7.74. The second kappa shape index (κ2) is 6.17. The molecule has 0 aliphatic heterocycles. The molecule has 2 unspecified atom stereocenters. The van der Waals surface area contributed by atoms with Gasteiger partial charge in [-0.3, -0.25) is 0 Å². The number of aryl methyl sites for hydroxylation is 1. The third-order valence-electron chi connectivity index (χ3n) is 4.33. The molecule has 0 bridgehead atoms. The van der Waals surface area contributed by atoms with Gasteiger partial charge in [-0.15, -0.1) is 0 Å². The van der Waals surface area contributed by atoms with E-state index in [0.717, 1.165) is 19.3 Å². The number of hydrogen-bond acceptors (Lipinski definition) is 1. The molecule has 0 saturated heterocycles. The molecular weight excluding hydrogens is 287 g/mol. The van der Waals surface area contributed by atoms with Crippen LogP contribution in [0.1, 0.15) is 48.0 Å². The van der Waals surface area contributed by atoms with Crippen molar-refractivity contribution in [1.29, 1.82) is 0 Å². The van der Waals surface area contributed by atoms with Gasteiger partial charge in [0.2, 0.25) is 0 Å². The van der Waals surface area contributed by atoms with Crippen molar-refractivity contribution in [2.45, 2.75) is 37.7 Å². The molecule has 2 aromatic rings. The number of benzene rings is 2. The first kappa shape index (κ1) is 14.6. The summed E-state index contributed by atoms with van der Waals surface area (Å²) in [6.45, 7) is 0. The van der Waals surface area contributed by atoms with Crippen LogP contribution in [0, 0.1) is 5.82 Å². The summed E-state index contributed by atoms with van der Waals surface area (Å²) in [7, 11) is 0. The molecule has 21 heavy (non-hydrogen) atoms. The first-order valence-electron chi connectivity index (χ1n) is 7.36. The van der Waals surface area contributed by atoms with Crippen LogP contribution in [0.5, 0.6) is 0 Å². The molecule has 2 atom stereocenters. The topological polar surface area (TPSA) is 20.2 Å². The molecule has 2 aromatic carbocycles. The summed E-state index contributed by atoms with van der Waals surface area (Å²) in [5, 5.41) is 10.5. The molecule has 0 fully saturated rings. The third kappa shape index (κ3) is 3.12. The maximum Gasteiger partial charge on any atom is 0.141 e. The monoisotopic (exact) mass is 304 g/mol. The van der Waals surface area contributed by atoms with E-state index in [9.17, 15) is 9.50 Å². The smallest absolute Gasteiger partial charge is 0.141 e. The zero-order chi connectivity index (χ0) is 14.8. The second-order valence-corrected chi connectivity index (χ2v) is 6.12. The van der Waals surface area contributed by atoms with Gasteiger partial charge in [0.1, 0.15) is 5.82 Å². The number of halogens is 2. The third-order valence-corrected chi connectivity index (χ3v) is 4.62. The van der Waals surface area contributed by atoms with Crippen molar-refractivity contribution in [1.82, 2.24) is 0 Å². The van der Waals surface area contributed by atoms with Crippen molar-refractivity contribution in [2.75, 3.05) is 0 Å². The average molecular weight is 305 g/mol. The van der Waals surface area contributed by atoms with Gasteiger partial charge >= 0.3 is 0 Å². The van der Waals surface area contributed by atoms with Crippen LogP contribution in [0.4, 0.5) is 4.39 Å². The van der Waals surface area contributed by atoms with Gasteiger partial charge in [0, 0.05) is 0 Å². The number of rotatable bonds is 3. The lowest BCUT2D eigenvalue weighted by molar-refractivity contribution is 0.154. The Bertz CT molecular complexity index is 641. The summed E-state index contributed by atoms with van der Waals surface area (Å²) in [4.78, 5) is 0. The van der Waals surface area contributed by atoms with Crippen LogP contribution in [0.15, 0.2) is 42.5 Å². The van der Waals surface area contributed by atoms with Crippen LogP contribution in [-0.4, -0.2) is 5.11 Å². The highest BCUT2D eigenvalue weighted by Gasteiger charge is 2.23. The van der Waals surface area contributed by atoms with Crippen LogP contribution < -0.4 is 0 Å². The molecule has 1 aliphatic carbocycles. The van der Waals surface area contributed by atoms with Crippen molar-refractivity contribution in [2.24, 2.45) is 0 Å². The Morgan fingerprint density at radius 3 is 2.86 bits per heavy atom. The van der Waals surface area contributed by atoms with Crippen molar-refractivity contribution in [3.8, 4) is 0 Å². The lowest BCUT2D eigenvalue weighted by atomic mass is 9.79. The predicted octanol–water partition coefficient (Wildman–Crippen LogP) is 5.02. The molecule has 0 amide bonds. The summed E-state index contributed by atoms with van der Waals surface area (Å²) < 4.78 is 13.2. The molecule has 1 aliphatic rings. The van der Waals surface area contributed by atoms with E-state index in [1.165, 1.54) is 23.3 Å². The van der Waals surface area contributed by atoms with Crippen LogP contribution in [0.2, 0.25) is 5.02 Å². The van der Waals surface area contributed by atoms with Crippen LogP contribution >= 0.6 is 11.6 Å². The minimum atomic E-state index is -0.612. The molecule has 3 rings (SSSR count). The Morgan fingerprint density at radius 2 is 2.05 bits per heavy atom. The number of hydrogen-bond donors (Lipinski definition) is 1. The number of aliphatic hydroxyl groups excluding tert-OH is 1. The van der Waals surface area contributed by atoms with E-state index in [-0.39, 0.29) is 5.02 Å². The molecule has 1 nitrogen and oxygen atoms in total. The molecule has 1 N–H and O–H groups in total. The summed E-state index contributed by atoms with van der Waals surface area (Å²) in [5.74, 6) is -0.0931. The molecule has 0 aromatic heterocycles. The van der Waals surface area contributed by atoms with E-state index in [0.29, 0.717) is 17.9 Å². The van der Waals surface area contributed by atoms with Gasteiger partial charge in [-0.25, -0.2) is 4.39 Å². The predicted molar refractivity (Wildman–Crippen MR) is 83.1 cm³/mol. The van der Waals surface area contributed by atoms with E-state index in [1.54, 1.807) is 6.07 Å². The molecule has 0 radical (unpaired) electrons. The zero-order valence-corrected chi connectivity index (χ0v) is 12.5. The van der Waals surface area contributed by atoms with Gasteiger partial charge in [0.25, 0.3) is 0 Å². The number of aliphatic hydroxyl groups is 1. The molecule has 0 heterocycles. The van der Waals surface area contributed by atoms with E-state index < -0.39 is 11.9 Å². The zero-order valence-electron chi connectivity index (χ0n) is 11.7. The molecule has 0 spiro atoms. The van der Waals surface area contributed by atoms with E-state index >= 15 is 0 Å². The molecule has 3 heteroatoms. The fourth-order valence-corrected chi connectivity index (χ4v) is 3.41. The minimum Gasteiger partial charge on any atom is -0.388 e. The molecule has 110 valence electrons. The SMILES string of the molecule is OC(CC1CCCc2ccccc21)c1ccc(F)c(Cl)c1. The van der Waals surface area contributed by atoms with Gasteiger partial charge < -0.3 is 5.11 Å². The van der Waals surface area contributed by atoms with Gasteiger partial charge in [0.05, 0.1) is 11.1 Å². The Morgan fingerprint density at radius 1 is 1.24 bits per heavy atom. The fraction of sp³-hybridized carbons (Fsp3) is 0.333. The second-order valence-electron chi connectivity index (χ2n) is 5.71. The normalized spacial score (nSPS) is 19.1. The maximum atomic E-state index is 13.2. The van der Waals surface area contributed by atoms with Gasteiger partial charge in [-0.1, -0.05) is 41.9 Å². The van der Waals surface area contributed by atoms with Crippen molar-refractivity contribution < 1.29 is 9.50 Å². The average Bonchev–Trinajstić information content (AvgIpc) is 2.50. The largest absolute Gasteiger partial charge is 0.388 e. The Labute approximate surface area is 129 Å². The van der Waals surface area contributed by atoms with Gasteiger partial charge in [0.15, 0.2) is 0 Å². The first-order chi connectivity index (χ1) is 10.1. The van der Waals surface area contributed by atoms with Crippen LogP contribution in [0.3, 0.4) is 0 Å². The highest BCUT2D eigenvalue weighted by atomic mass is 35.5. The Hall–Kier alpha value is -1.38. The van der Waals surface area contributed by atoms with Crippen molar-refractivity contribution in [3.05, 3.63) is 70.0 Å². The van der Waals surface area contributed by atoms with E-state index in [2.05, 4.69) is 24.3 Å². The summed E-state index contributed by atoms with van der Waals surface area (Å²) in [5.41, 5.74) is 3.42.